The minimum absolute atomic E-state index is 0.0936. The van der Waals surface area contributed by atoms with E-state index in [1.807, 2.05) is 29.4 Å². The third-order valence-electron chi connectivity index (χ3n) is 4.65. The summed E-state index contributed by atoms with van der Waals surface area (Å²) in [4.78, 5) is 3.30. The fraction of sp³-hybridized carbons (Fsp3) is 0.160. The lowest BCUT2D eigenvalue weighted by atomic mass is 10.00. The minimum atomic E-state index is -1.000. The van der Waals surface area contributed by atoms with E-state index in [-0.39, 0.29) is 5.56 Å². The molecule has 0 spiro atoms. The molecule has 31 heavy (non-hydrogen) atoms. The van der Waals surface area contributed by atoms with Gasteiger partial charge in [0.05, 0.1) is 10.7 Å². The van der Waals surface area contributed by atoms with Crippen LogP contribution in [0.4, 0.5) is 23.2 Å². The number of isothiocyanates is 1. The molecule has 0 unspecified atom stereocenters. The van der Waals surface area contributed by atoms with Crippen LogP contribution < -0.4 is 0 Å². The molecule has 0 atom stereocenters. The summed E-state index contributed by atoms with van der Waals surface area (Å²) in [5.41, 5.74) is 1.05. The van der Waals surface area contributed by atoms with E-state index in [0.29, 0.717) is 11.1 Å². The zero-order chi connectivity index (χ0) is 22.4. The smallest absolute Gasteiger partial charge is 0.153 e. The zero-order valence-corrected chi connectivity index (χ0v) is 17.4. The van der Waals surface area contributed by atoms with Crippen molar-refractivity contribution in [3.05, 3.63) is 88.5 Å². The summed E-state index contributed by atoms with van der Waals surface area (Å²) < 4.78 is 56.9. The van der Waals surface area contributed by atoms with Gasteiger partial charge in [-0.25, -0.2) is 17.6 Å². The predicted molar refractivity (Wildman–Crippen MR) is 117 cm³/mol. The maximum absolute atomic E-state index is 14.5. The summed E-state index contributed by atoms with van der Waals surface area (Å²) in [5.74, 6) is 0.975. The van der Waals surface area contributed by atoms with Crippen molar-refractivity contribution in [2.45, 2.75) is 26.2 Å². The molecule has 0 aromatic heterocycles. The van der Waals surface area contributed by atoms with Crippen molar-refractivity contribution < 1.29 is 17.6 Å². The van der Waals surface area contributed by atoms with E-state index in [1.54, 1.807) is 0 Å². The standard InChI is InChI=1S/C25H17F4NS/c1-2-3-4-16-5-8-18(9-6-16)19-13-21(26)20(22(27)14-19)10-7-17-11-23(28)25(30-15-31)24(29)12-17/h5-6,8-9,11-14H,2-4H2,1H3. The lowest BCUT2D eigenvalue weighted by molar-refractivity contribution is 0.578. The molecule has 0 fully saturated rings. The number of thiocarbonyl (C=S) groups is 1. The molecule has 6 heteroatoms. The van der Waals surface area contributed by atoms with Gasteiger partial charge in [0.1, 0.15) is 17.3 Å². The van der Waals surface area contributed by atoms with Gasteiger partial charge < -0.3 is 0 Å². The Labute approximate surface area is 183 Å². The molecule has 0 saturated carbocycles. The van der Waals surface area contributed by atoms with Gasteiger partial charge in [-0.15, -0.1) is 0 Å². The summed E-state index contributed by atoms with van der Waals surface area (Å²) in [5, 5.41) is 1.88. The Hall–Kier alpha value is -3.26. The topological polar surface area (TPSA) is 12.4 Å². The number of benzene rings is 3. The maximum Gasteiger partial charge on any atom is 0.153 e. The van der Waals surface area contributed by atoms with Crippen LogP contribution in [0.1, 0.15) is 36.5 Å². The second kappa shape index (κ2) is 10.2. The first-order chi connectivity index (χ1) is 14.9. The zero-order valence-electron chi connectivity index (χ0n) is 16.6. The molecule has 3 aromatic carbocycles. The molecule has 0 aliphatic heterocycles. The van der Waals surface area contributed by atoms with E-state index < -0.39 is 34.5 Å². The molecule has 1 nitrogen and oxygen atoms in total. The third-order valence-corrected chi connectivity index (χ3v) is 4.75. The van der Waals surface area contributed by atoms with Gasteiger partial charge in [0.25, 0.3) is 0 Å². The van der Waals surface area contributed by atoms with Crippen molar-refractivity contribution in [3.63, 3.8) is 0 Å². The monoisotopic (exact) mass is 439 g/mol. The maximum atomic E-state index is 14.5. The third kappa shape index (κ3) is 5.46. The van der Waals surface area contributed by atoms with Crippen molar-refractivity contribution in [1.82, 2.24) is 0 Å². The normalized spacial score (nSPS) is 10.2. The first kappa shape index (κ1) is 22.4. The highest BCUT2D eigenvalue weighted by atomic mass is 32.1. The van der Waals surface area contributed by atoms with E-state index in [1.165, 1.54) is 12.1 Å². The summed E-state index contributed by atoms with van der Waals surface area (Å²) in [7, 11) is 0. The van der Waals surface area contributed by atoms with Crippen molar-refractivity contribution in [1.29, 1.82) is 0 Å². The van der Waals surface area contributed by atoms with Gasteiger partial charge in [0, 0.05) is 5.56 Å². The van der Waals surface area contributed by atoms with Gasteiger partial charge in [0.15, 0.2) is 11.6 Å². The van der Waals surface area contributed by atoms with E-state index in [2.05, 4.69) is 36.0 Å². The van der Waals surface area contributed by atoms with Crippen LogP contribution in [0, 0.1) is 35.1 Å². The fourth-order valence-electron chi connectivity index (χ4n) is 3.03. The lowest BCUT2D eigenvalue weighted by Crippen LogP contribution is -1.93. The highest BCUT2D eigenvalue weighted by molar-refractivity contribution is 7.78. The number of hydrogen-bond acceptors (Lipinski definition) is 2. The van der Waals surface area contributed by atoms with E-state index in [0.717, 1.165) is 37.0 Å². The highest BCUT2D eigenvalue weighted by Gasteiger charge is 2.12. The van der Waals surface area contributed by atoms with Gasteiger partial charge in [-0.3, -0.25) is 0 Å². The Morgan fingerprint density at radius 3 is 1.97 bits per heavy atom. The molecular formula is C25H17F4NS. The van der Waals surface area contributed by atoms with E-state index >= 15 is 0 Å². The Morgan fingerprint density at radius 1 is 0.806 bits per heavy atom. The first-order valence-corrected chi connectivity index (χ1v) is 10.0. The highest BCUT2D eigenvalue weighted by Crippen LogP contribution is 2.26. The molecule has 0 heterocycles. The predicted octanol–water partition coefficient (Wildman–Crippen LogP) is 7.39. The molecule has 0 bridgehead atoms. The van der Waals surface area contributed by atoms with Crippen molar-refractivity contribution in [2.75, 3.05) is 0 Å². The van der Waals surface area contributed by atoms with Crippen molar-refractivity contribution in [3.8, 4) is 23.0 Å². The average molecular weight is 439 g/mol. The van der Waals surface area contributed by atoms with Crippen LogP contribution in [0.3, 0.4) is 0 Å². The van der Waals surface area contributed by atoms with Gasteiger partial charge in [-0.1, -0.05) is 49.5 Å². The molecule has 3 aromatic rings. The van der Waals surface area contributed by atoms with Crippen LogP contribution in [0.15, 0.2) is 53.5 Å². The van der Waals surface area contributed by atoms with Crippen LogP contribution in [0.5, 0.6) is 0 Å². The van der Waals surface area contributed by atoms with Gasteiger partial charge in [0.2, 0.25) is 0 Å². The Kier molecular flexibility index (Phi) is 7.36. The second-order valence-corrected chi connectivity index (χ2v) is 7.04. The largest absolute Gasteiger partial charge is 0.205 e. The van der Waals surface area contributed by atoms with Crippen molar-refractivity contribution in [2.24, 2.45) is 4.99 Å². The molecule has 3 rings (SSSR count). The Morgan fingerprint density at radius 2 is 1.42 bits per heavy atom. The number of halogens is 4. The second-order valence-electron chi connectivity index (χ2n) is 6.86. The van der Waals surface area contributed by atoms with Gasteiger partial charge >= 0.3 is 0 Å². The number of rotatable bonds is 5. The number of aryl methyl sites for hydroxylation is 1. The summed E-state index contributed by atoms with van der Waals surface area (Å²) in [6, 6.07) is 11.7. The molecule has 0 aliphatic carbocycles. The van der Waals surface area contributed by atoms with Crippen LogP contribution in [-0.4, -0.2) is 5.16 Å². The minimum Gasteiger partial charge on any atom is -0.205 e. The number of unbranched alkanes of at least 4 members (excludes halogenated alkanes) is 1. The summed E-state index contributed by atoms with van der Waals surface area (Å²) >= 11 is 4.34. The molecule has 0 radical (unpaired) electrons. The first-order valence-electron chi connectivity index (χ1n) is 9.60. The van der Waals surface area contributed by atoms with Crippen LogP contribution >= 0.6 is 12.2 Å². The van der Waals surface area contributed by atoms with E-state index in [9.17, 15) is 17.6 Å². The fourth-order valence-corrected chi connectivity index (χ4v) is 3.12. The number of nitrogens with zero attached hydrogens (tertiary/aromatic N) is 1. The van der Waals surface area contributed by atoms with E-state index in [4.69, 9.17) is 0 Å². The van der Waals surface area contributed by atoms with Crippen LogP contribution in [0.25, 0.3) is 11.1 Å². The molecule has 0 saturated heterocycles. The average Bonchev–Trinajstić information content (AvgIpc) is 2.74. The molecular weight excluding hydrogens is 422 g/mol. The Balaban J connectivity index is 1.90. The molecule has 0 N–H and O–H groups in total. The van der Waals surface area contributed by atoms with Crippen LogP contribution in [0.2, 0.25) is 0 Å². The summed E-state index contributed by atoms with van der Waals surface area (Å²) in [6.45, 7) is 2.11. The summed E-state index contributed by atoms with van der Waals surface area (Å²) in [6.07, 6.45) is 3.12. The molecule has 0 amide bonds. The molecule has 156 valence electrons. The van der Waals surface area contributed by atoms with Crippen molar-refractivity contribution >= 4 is 23.1 Å². The van der Waals surface area contributed by atoms with Crippen LogP contribution in [-0.2, 0) is 6.42 Å². The quantitative estimate of drug-likeness (QED) is 0.175. The molecule has 0 aliphatic rings. The van der Waals surface area contributed by atoms with Gasteiger partial charge in [-0.05, 0) is 66.0 Å². The lowest BCUT2D eigenvalue weighted by Gasteiger charge is -2.06. The number of hydrogen-bond donors (Lipinski definition) is 0. The Bertz CT molecular complexity index is 1170. The number of aliphatic imine (C=N–C) groups is 1. The SMILES string of the molecule is CCCCc1ccc(-c2cc(F)c(C#Cc3cc(F)c(N=C=S)c(F)c3)c(F)c2)cc1. The van der Waals surface area contributed by atoms with Gasteiger partial charge in [-0.2, -0.15) is 4.99 Å².